The molecule has 0 bridgehead atoms. The molecular weight excluding hydrogens is 400 g/mol. The molecule has 4 rings (SSSR count). The maximum absolute atomic E-state index is 13.4. The van der Waals surface area contributed by atoms with Gasteiger partial charge in [0, 0.05) is 25.8 Å². The molecule has 0 radical (unpaired) electrons. The second kappa shape index (κ2) is 8.31. The van der Waals surface area contributed by atoms with Crippen LogP contribution in [0.1, 0.15) is 23.0 Å². The average Bonchev–Trinajstić information content (AvgIpc) is 3.11. The molecule has 2 aromatic carbocycles. The Morgan fingerprint density at radius 3 is 2.74 bits per heavy atom. The number of carbonyl (C=O) groups excluding carboxylic acids is 2. The van der Waals surface area contributed by atoms with Crippen molar-refractivity contribution in [2.24, 2.45) is 0 Å². The lowest BCUT2D eigenvalue weighted by molar-refractivity contribution is -0.133. The number of methoxy groups -OCH3 is 1. The number of phenols is 1. The van der Waals surface area contributed by atoms with E-state index in [0.29, 0.717) is 22.3 Å². The van der Waals surface area contributed by atoms with Crippen LogP contribution in [0.5, 0.6) is 11.5 Å². The summed E-state index contributed by atoms with van der Waals surface area (Å²) in [5.41, 5.74) is -0.204. The molecule has 1 aliphatic heterocycles. The Labute approximate surface area is 179 Å². The fourth-order valence-corrected chi connectivity index (χ4v) is 3.69. The molecule has 162 valence electrons. The molecule has 2 amide bonds. The number of nitrogens with one attached hydrogen (secondary N) is 1. The number of rotatable bonds is 6. The van der Waals surface area contributed by atoms with E-state index in [1.54, 1.807) is 37.3 Å². The summed E-state index contributed by atoms with van der Waals surface area (Å²) >= 11 is 0. The Balaban J connectivity index is 1.65. The van der Waals surface area contributed by atoms with Gasteiger partial charge in [-0.05, 0) is 25.1 Å². The van der Waals surface area contributed by atoms with E-state index in [0.717, 1.165) is 0 Å². The highest BCUT2D eigenvalue weighted by Gasteiger charge is 2.47. The van der Waals surface area contributed by atoms with Gasteiger partial charge in [0.2, 0.25) is 11.7 Å². The minimum absolute atomic E-state index is 0.0639. The summed E-state index contributed by atoms with van der Waals surface area (Å²) in [6, 6.07) is 14.0. The number of para-hydroxylation sites is 2. The van der Waals surface area contributed by atoms with Crippen LogP contribution in [0.15, 0.2) is 52.9 Å². The molecule has 1 unspecified atom stereocenters. The van der Waals surface area contributed by atoms with Crippen LogP contribution in [0.4, 0.5) is 0 Å². The molecule has 31 heavy (non-hydrogen) atoms. The Kier molecular flexibility index (Phi) is 5.56. The fourth-order valence-electron chi connectivity index (χ4n) is 3.69. The Bertz CT molecular complexity index is 1120. The highest BCUT2D eigenvalue weighted by Crippen LogP contribution is 2.38. The van der Waals surface area contributed by atoms with Gasteiger partial charge < -0.3 is 29.2 Å². The zero-order valence-electron chi connectivity index (χ0n) is 17.4. The highest BCUT2D eigenvalue weighted by atomic mass is 16.5. The molecule has 0 saturated heterocycles. The van der Waals surface area contributed by atoms with Crippen molar-refractivity contribution in [2.75, 3.05) is 26.9 Å². The lowest BCUT2D eigenvalue weighted by atomic mass is 9.99. The number of hydrogen-bond acceptors (Lipinski definition) is 6. The van der Waals surface area contributed by atoms with Gasteiger partial charge in [0.15, 0.2) is 11.3 Å². The summed E-state index contributed by atoms with van der Waals surface area (Å²) in [6.07, 6.45) is 0. The van der Waals surface area contributed by atoms with E-state index in [1.807, 2.05) is 18.2 Å². The summed E-state index contributed by atoms with van der Waals surface area (Å²) in [6.45, 7) is 2.11. The van der Waals surface area contributed by atoms with Crippen molar-refractivity contribution in [3.8, 4) is 11.5 Å². The Morgan fingerprint density at radius 1 is 1.23 bits per heavy atom. The standard InChI is InChI=1S/C23H24N2O6/c1-23(22(28)24-13-15-7-3-5-9-17(15)26)14-30-19-16-8-4-6-10-18(16)31-20(19)21(27)25(23)11-12-29-2/h3-10,26H,11-14H2,1-2H3,(H,24,28). The zero-order valence-corrected chi connectivity index (χ0v) is 17.4. The lowest BCUT2D eigenvalue weighted by Crippen LogP contribution is -2.61. The first-order valence-electron chi connectivity index (χ1n) is 9.96. The Morgan fingerprint density at radius 2 is 1.97 bits per heavy atom. The molecule has 8 nitrogen and oxygen atoms in total. The first-order valence-corrected chi connectivity index (χ1v) is 9.96. The van der Waals surface area contributed by atoms with Crippen LogP contribution in [0, 0.1) is 0 Å². The predicted molar refractivity (Wildman–Crippen MR) is 113 cm³/mol. The van der Waals surface area contributed by atoms with Crippen molar-refractivity contribution in [1.82, 2.24) is 10.2 Å². The number of fused-ring (bicyclic) bond motifs is 3. The molecule has 1 atom stereocenters. The van der Waals surface area contributed by atoms with E-state index in [4.69, 9.17) is 13.9 Å². The SMILES string of the molecule is COCCN1C(=O)c2oc3ccccc3c2OCC1(C)C(=O)NCc1ccccc1O. The molecule has 3 aromatic rings. The summed E-state index contributed by atoms with van der Waals surface area (Å²) in [5.74, 6) is -0.367. The number of amides is 2. The molecule has 0 fully saturated rings. The van der Waals surface area contributed by atoms with Crippen molar-refractivity contribution in [2.45, 2.75) is 19.0 Å². The van der Waals surface area contributed by atoms with Gasteiger partial charge in [0.25, 0.3) is 5.91 Å². The van der Waals surface area contributed by atoms with E-state index in [2.05, 4.69) is 5.32 Å². The van der Waals surface area contributed by atoms with E-state index in [-0.39, 0.29) is 37.8 Å². The third-order valence-corrected chi connectivity index (χ3v) is 5.52. The zero-order chi connectivity index (χ0) is 22.0. The summed E-state index contributed by atoms with van der Waals surface area (Å²) in [7, 11) is 1.53. The molecule has 0 spiro atoms. The van der Waals surface area contributed by atoms with Gasteiger partial charge in [0.1, 0.15) is 17.9 Å². The van der Waals surface area contributed by atoms with Gasteiger partial charge in [-0.25, -0.2) is 0 Å². The lowest BCUT2D eigenvalue weighted by Gasteiger charge is -2.37. The summed E-state index contributed by atoms with van der Waals surface area (Å²) < 4.78 is 16.9. The molecule has 0 aliphatic carbocycles. The number of phenolic OH excluding ortho intramolecular Hbond substituents is 1. The number of ether oxygens (including phenoxy) is 2. The monoisotopic (exact) mass is 424 g/mol. The minimum atomic E-state index is -1.32. The van der Waals surface area contributed by atoms with E-state index in [9.17, 15) is 14.7 Å². The van der Waals surface area contributed by atoms with Gasteiger partial charge in [-0.15, -0.1) is 0 Å². The largest absolute Gasteiger partial charge is 0.508 e. The van der Waals surface area contributed by atoms with Gasteiger partial charge in [-0.3, -0.25) is 9.59 Å². The van der Waals surface area contributed by atoms with Crippen LogP contribution in [-0.2, 0) is 16.1 Å². The number of benzene rings is 2. The van der Waals surface area contributed by atoms with Gasteiger partial charge in [-0.2, -0.15) is 0 Å². The summed E-state index contributed by atoms with van der Waals surface area (Å²) in [4.78, 5) is 28.1. The van der Waals surface area contributed by atoms with Crippen molar-refractivity contribution in [3.63, 3.8) is 0 Å². The summed E-state index contributed by atoms with van der Waals surface area (Å²) in [5, 5.41) is 13.5. The van der Waals surface area contributed by atoms with E-state index in [1.165, 1.54) is 12.0 Å². The van der Waals surface area contributed by atoms with Crippen molar-refractivity contribution in [3.05, 3.63) is 59.9 Å². The fraction of sp³-hybridized carbons (Fsp3) is 0.304. The predicted octanol–water partition coefficient (Wildman–Crippen LogP) is 2.69. The second-order valence-corrected chi connectivity index (χ2v) is 7.58. The van der Waals surface area contributed by atoms with E-state index >= 15 is 0 Å². The van der Waals surface area contributed by atoms with Crippen molar-refractivity contribution in [1.29, 1.82) is 0 Å². The van der Waals surface area contributed by atoms with Crippen LogP contribution < -0.4 is 10.1 Å². The highest BCUT2D eigenvalue weighted by molar-refractivity contribution is 6.04. The molecule has 1 aliphatic rings. The molecular formula is C23H24N2O6. The third-order valence-electron chi connectivity index (χ3n) is 5.52. The maximum Gasteiger partial charge on any atom is 0.294 e. The normalized spacial score (nSPS) is 18.4. The molecule has 1 aromatic heterocycles. The topological polar surface area (TPSA) is 101 Å². The van der Waals surface area contributed by atoms with Crippen molar-refractivity contribution >= 4 is 22.8 Å². The quantitative estimate of drug-likeness (QED) is 0.631. The van der Waals surface area contributed by atoms with Crippen LogP contribution in [0.25, 0.3) is 11.0 Å². The first-order chi connectivity index (χ1) is 15.0. The number of carbonyl (C=O) groups is 2. The van der Waals surface area contributed by atoms with Gasteiger partial charge in [0.05, 0.1) is 12.0 Å². The number of hydrogen-bond donors (Lipinski definition) is 2. The van der Waals surface area contributed by atoms with Gasteiger partial charge in [-0.1, -0.05) is 30.3 Å². The van der Waals surface area contributed by atoms with Crippen LogP contribution in [0.2, 0.25) is 0 Å². The Hall–Kier alpha value is -3.52. The minimum Gasteiger partial charge on any atom is -0.508 e. The second-order valence-electron chi connectivity index (χ2n) is 7.58. The van der Waals surface area contributed by atoms with Crippen LogP contribution in [-0.4, -0.2) is 54.2 Å². The molecule has 8 heteroatoms. The smallest absolute Gasteiger partial charge is 0.294 e. The maximum atomic E-state index is 13.4. The van der Waals surface area contributed by atoms with Gasteiger partial charge >= 0.3 is 0 Å². The molecule has 2 heterocycles. The molecule has 0 saturated carbocycles. The third kappa shape index (κ3) is 3.70. The average molecular weight is 424 g/mol. The van der Waals surface area contributed by atoms with Crippen LogP contribution in [0.3, 0.4) is 0 Å². The number of nitrogens with zero attached hydrogens (tertiary/aromatic N) is 1. The van der Waals surface area contributed by atoms with E-state index < -0.39 is 17.4 Å². The molecule has 2 N–H and O–H groups in total. The number of furan rings is 1. The van der Waals surface area contributed by atoms with Crippen LogP contribution >= 0.6 is 0 Å². The number of aromatic hydroxyl groups is 1. The first kappa shape index (κ1) is 20.7. The van der Waals surface area contributed by atoms with Crippen molar-refractivity contribution < 1.29 is 28.6 Å².